The van der Waals surface area contributed by atoms with Crippen LogP contribution in [0.4, 0.5) is 0 Å². The number of ether oxygens (including phenoxy) is 2. The molecule has 24 heavy (non-hydrogen) atoms. The molecule has 0 aliphatic heterocycles. The van der Waals surface area contributed by atoms with Crippen molar-refractivity contribution in [2.75, 3.05) is 14.2 Å². The highest BCUT2D eigenvalue weighted by Gasteiger charge is 2.31. The molecule has 0 fully saturated rings. The van der Waals surface area contributed by atoms with Crippen molar-refractivity contribution in [1.29, 1.82) is 0 Å². The molecule has 0 saturated heterocycles. The van der Waals surface area contributed by atoms with Crippen molar-refractivity contribution in [3.8, 4) is 34.1 Å². The number of hydrogen-bond acceptors (Lipinski definition) is 4. The number of phenolic OH excluding ortho intramolecular Hbond substituents is 2. The number of hydrogen-bond donors (Lipinski definition) is 2. The van der Waals surface area contributed by atoms with Gasteiger partial charge in [0.15, 0.2) is 23.0 Å². The molecule has 0 aromatic heterocycles. The number of phenols is 2. The maximum absolute atomic E-state index is 9.29. The van der Waals surface area contributed by atoms with Gasteiger partial charge in [-0.05, 0) is 47.7 Å². The maximum Gasteiger partial charge on any atom is 0.168 e. The molecular formula is C20H22O4. The van der Waals surface area contributed by atoms with Gasteiger partial charge in [0.2, 0.25) is 0 Å². The summed E-state index contributed by atoms with van der Waals surface area (Å²) in [6, 6.07) is 7.02. The summed E-state index contributed by atoms with van der Waals surface area (Å²) in [5.41, 5.74) is 4.54. The van der Waals surface area contributed by atoms with Gasteiger partial charge in [0.05, 0.1) is 14.2 Å². The third-order valence-corrected chi connectivity index (χ3v) is 3.75. The average Bonchev–Trinajstić information content (AvgIpc) is 3.10. The molecular weight excluding hydrogens is 304 g/mol. The summed E-state index contributed by atoms with van der Waals surface area (Å²) in [6.45, 7) is 7.29. The van der Waals surface area contributed by atoms with E-state index in [0.29, 0.717) is 11.5 Å². The summed E-state index contributed by atoms with van der Waals surface area (Å²) in [7, 11) is 3.10. The van der Waals surface area contributed by atoms with Crippen molar-refractivity contribution in [1.82, 2.24) is 0 Å². The Morgan fingerprint density at radius 2 is 1.67 bits per heavy atom. The van der Waals surface area contributed by atoms with E-state index in [1.54, 1.807) is 25.3 Å². The second-order valence-corrected chi connectivity index (χ2v) is 5.32. The molecule has 0 bridgehead atoms. The van der Waals surface area contributed by atoms with Crippen LogP contribution in [0.5, 0.6) is 23.0 Å². The summed E-state index contributed by atoms with van der Waals surface area (Å²) in [5, 5.41) is 18.5. The minimum absolute atomic E-state index is 0.172. The Hall–Kier alpha value is -2.88. The van der Waals surface area contributed by atoms with Crippen LogP contribution in [0.25, 0.3) is 11.1 Å². The van der Waals surface area contributed by atoms with Gasteiger partial charge < -0.3 is 19.7 Å². The van der Waals surface area contributed by atoms with Crippen LogP contribution in [0.15, 0.2) is 49.6 Å². The molecule has 126 valence electrons. The lowest BCUT2D eigenvalue weighted by Gasteiger charge is -2.04. The molecule has 2 aliphatic carbocycles. The third kappa shape index (κ3) is 3.54. The van der Waals surface area contributed by atoms with Gasteiger partial charge in [0.25, 0.3) is 0 Å². The van der Waals surface area contributed by atoms with Crippen molar-refractivity contribution < 1.29 is 19.7 Å². The van der Waals surface area contributed by atoms with E-state index in [2.05, 4.69) is 13.2 Å². The van der Waals surface area contributed by atoms with Gasteiger partial charge in [-0.1, -0.05) is 18.2 Å². The first-order valence-corrected chi connectivity index (χ1v) is 7.58. The zero-order valence-electron chi connectivity index (χ0n) is 14.0. The largest absolute Gasteiger partial charge is 0.504 e. The van der Waals surface area contributed by atoms with Gasteiger partial charge in [-0.25, -0.2) is 0 Å². The van der Waals surface area contributed by atoms with Crippen molar-refractivity contribution in [3.63, 3.8) is 0 Å². The first-order chi connectivity index (χ1) is 11.6. The van der Waals surface area contributed by atoms with E-state index < -0.39 is 0 Å². The van der Waals surface area contributed by atoms with E-state index in [0.717, 1.165) is 29.5 Å². The van der Waals surface area contributed by atoms with Crippen LogP contribution in [-0.2, 0) is 12.8 Å². The van der Waals surface area contributed by atoms with Gasteiger partial charge in [0, 0.05) is 5.56 Å². The Morgan fingerprint density at radius 1 is 0.958 bits per heavy atom. The minimum Gasteiger partial charge on any atom is -0.504 e. The van der Waals surface area contributed by atoms with Gasteiger partial charge in [-0.3, -0.25) is 0 Å². The first kappa shape index (κ1) is 17.5. The second-order valence-electron chi connectivity index (χ2n) is 5.32. The molecule has 3 rings (SSSR count). The molecule has 4 heteroatoms. The van der Waals surface area contributed by atoms with E-state index >= 15 is 0 Å². The van der Waals surface area contributed by atoms with E-state index in [-0.39, 0.29) is 11.5 Å². The van der Waals surface area contributed by atoms with E-state index in [9.17, 15) is 10.2 Å². The SMILES string of the molecule is C=CCc1c2cc(O)c(OC)c1-2.C=CCc1ccc(O)c(OC)c1. The molecule has 2 N–H and O–H groups in total. The van der Waals surface area contributed by atoms with Crippen LogP contribution < -0.4 is 9.47 Å². The maximum atomic E-state index is 9.29. The zero-order chi connectivity index (χ0) is 17.7. The normalized spacial score (nSPS) is 10.2. The van der Waals surface area contributed by atoms with E-state index in [1.165, 1.54) is 12.7 Å². The Labute approximate surface area is 142 Å². The molecule has 0 unspecified atom stereocenters. The topological polar surface area (TPSA) is 58.9 Å². The quantitative estimate of drug-likeness (QED) is 0.665. The molecule has 2 aliphatic rings. The van der Waals surface area contributed by atoms with Gasteiger partial charge in [-0.2, -0.15) is 0 Å². The van der Waals surface area contributed by atoms with E-state index in [1.807, 2.05) is 18.2 Å². The molecule has 4 nitrogen and oxygen atoms in total. The van der Waals surface area contributed by atoms with Crippen LogP contribution in [0.1, 0.15) is 11.1 Å². The molecule has 0 radical (unpaired) electrons. The fourth-order valence-electron chi connectivity index (χ4n) is 2.57. The Morgan fingerprint density at radius 3 is 2.25 bits per heavy atom. The Bertz CT molecular complexity index is 755. The van der Waals surface area contributed by atoms with Crippen LogP contribution in [0.2, 0.25) is 0 Å². The first-order valence-electron chi connectivity index (χ1n) is 7.58. The van der Waals surface area contributed by atoms with Crippen LogP contribution in [0, 0.1) is 0 Å². The summed E-state index contributed by atoms with van der Waals surface area (Å²) in [5.74, 6) is 1.54. The Kier molecular flexibility index (Phi) is 5.53. The molecule has 1 aromatic rings. The van der Waals surface area contributed by atoms with Gasteiger partial charge in [-0.15, -0.1) is 13.2 Å². The monoisotopic (exact) mass is 326 g/mol. The molecule has 0 atom stereocenters. The van der Waals surface area contributed by atoms with Crippen molar-refractivity contribution >= 4 is 0 Å². The van der Waals surface area contributed by atoms with Crippen LogP contribution in [0.3, 0.4) is 0 Å². The summed E-state index contributed by atoms with van der Waals surface area (Å²) >= 11 is 0. The van der Waals surface area contributed by atoms with Gasteiger partial charge in [0.1, 0.15) is 0 Å². The summed E-state index contributed by atoms with van der Waals surface area (Å²) in [4.78, 5) is 0. The third-order valence-electron chi connectivity index (χ3n) is 3.75. The Balaban J connectivity index is 0.000000174. The highest BCUT2D eigenvalue weighted by molar-refractivity contribution is 5.98. The molecule has 0 amide bonds. The predicted molar refractivity (Wildman–Crippen MR) is 96.1 cm³/mol. The summed E-state index contributed by atoms with van der Waals surface area (Å²) in [6.07, 6.45) is 5.32. The van der Waals surface area contributed by atoms with Crippen molar-refractivity contribution in [2.45, 2.75) is 12.8 Å². The predicted octanol–water partition coefficient (Wildman–Crippen LogP) is 4.24. The summed E-state index contributed by atoms with van der Waals surface area (Å²) < 4.78 is 9.99. The minimum atomic E-state index is 0.172. The van der Waals surface area contributed by atoms with Crippen LogP contribution in [-0.4, -0.2) is 24.4 Å². The fraction of sp³-hybridized carbons (Fsp3) is 0.200. The van der Waals surface area contributed by atoms with Crippen molar-refractivity contribution in [3.05, 3.63) is 60.7 Å². The lowest BCUT2D eigenvalue weighted by molar-refractivity contribution is 0.373. The highest BCUT2D eigenvalue weighted by Crippen LogP contribution is 2.56. The molecule has 1 aromatic carbocycles. The zero-order valence-corrected chi connectivity index (χ0v) is 14.0. The molecule has 0 spiro atoms. The van der Waals surface area contributed by atoms with Crippen LogP contribution >= 0.6 is 0 Å². The number of methoxy groups -OCH3 is 2. The van der Waals surface area contributed by atoms with Crippen molar-refractivity contribution in [2.24, 2.45) is 0 Å². The number of fused-ring (bicyclic) bond motifs is 1. The highest BCUT2D eigenvalue weighted by atomic mass is 16.5. The smallest absolute Gasteiger partial charge is 0.168 e. The number of benzene rings is 2. The molecule has 0 saturated carbocycles. The number of allylic oxidation sites excluding steroid dienone is 2. The van der Waals surface area contributed by atoms with E-state index in [4.69, 9.17) is 9.47 Å². The lowest BCUT2D eigenvalue weighted by Crippen LogP contribution is -1.86. The average molecular weight is 326 g/mol. The number of rotatable bonds is 6. The lowest BCUT2D eigenvalue weighted by atomic mass is 10.1. The standard InChI is InChI=1S/C10H10O2.C10H12O2/c1-3-4-6-7-5-8(11)10(12-2)9(6)7;1-3-4-8-5-6-9(11)10(7-8)12-2/h3,5,11H,1,4H2,2H3;3,5-7,11H,1,4H2,2H3. The van der Waals surface area contributed by atoms with Gasteiger partial charge >= 0.3 is 0 Å². The molecule has 0 heterocycles. The second kappa shape index (κ2) is 7.59. The number of aromatic hydroxyl groups is 2. The fourth-order valence-corrected chi connectivity index (χ4v) is 2.57.